The lowest BCUT2D eigenvalue weighted by atomic mass is 10.0. The van der Waals surface area contributed by atoms with E-state index in [1.54, 1.807) is 36.4 Å². The van der Waals surface area contributed by atoms with Gasteiger partial charge < -0.3 is 25.6 Å². The Morgan fingerprint density at radius 2 is 1.91 bits per heavy atom. The summed E-state index contributed by atoms with van der Waals surface area (Å²) >= 11 is 5.90. The molecule has 0 saturated carbocycles. The molecule has 1 aliphatic heterocycles. The van der Waals surface area contributed by atoms with Crippen LogP contribution >= 0.6 is 11.6 Å². The number of likely N-dealkylation sites (tertiary alicyclic amines) is 1. The van der Waals surface area contributed by atoms with Crippen LogP contribution in [0.15, 0.2) is 48.5 Å². The number of carbonyl (C=O) groups is 1. The molecule has 0 aliphatic carbocycles. The number of hydrogen-bond acceptors (Lipinski definition) is 5. The van der Waals surface area contributed by atoms with Gasteiger partial charge in [0, 0.05) is 31.2 Å². The number of nitrogens with zero attached hydrogens (tertiary/aromatic N) is 1. The summed E-state index contributed by atoms with van der Waals surface area (Å²) in [5.74, 6) is 0.641. The highest BCUT2D eigenvalue weighted by Gasteiger charge is 2.29. The first-order valence-corrected chi connectivity index (χ1v) is 12.0. The van der Waals surface area contributed by atoms with Crippen LogP contribution in [0.4, 0.5) is 9.18 Å². The number of halogens is 2. The van der Waals surface area contributed by atoms with E-state index >= 15 is 0 Å². The number of ether oxygens (including phenoxy) is 1. The molecule has 7 nitrogen and oxygen atoms in total. The van der Waals surface area contributed by atoms with E-state index in [1.807, 2.05) is 17.0 Å². The summed E-state index contributed by atoms with van der Waals surface area (Å²) in [6.07, 6.45) is 0.416. The molecule has 0 spiro atoms. The number of carbonyl (C=O) groups excluding carboxylic acids is 1. The SMILES string of the molecule is O=C(NCc1ccc(Cl)cc1)N[C@H](CN1CC[C@@H](O)C1)[C@@H](O)c1ccc(OCCCCF)cc1. The van der Waals surface area contributed by atoms with Crippen LogP contribution in [0.2, 0.25) is 5.02 Å². The van der Waals surface area contributed by atoms with E-state index in [9.17, 15) is 19.4 Å². The van der Waals surface area contributed by atoms with Crippen molar-refractivity contribution >= 4 is 17.6 Å². The number of hydrogen-bond donors (Lipinski definition) is 4. The van der Waals surface area contributed by atoms with E-state index in [4.69, 9.17) is 16.3 Å². The maximum absolute atomic E-state index is 12.6. The normalized spacial score (nSPS) is 17.8. The van der Waals surface area contributed by atoms with E-state index in [0.29, 0.717) is 68.4 Å². The minimum Gasteiger partial charge on any atom is -0.494 e. The molecule has 1 fully saturated rings. The second kappa shape index (κ2) is 13.5. The van der Waals surface area contributed by atoms with Crippen LogP contribution in [0.25, 0.3) is 0 Å². The number of aliphatic hydroxyl groups is 2. The third-order valence-electron chi connectivity index (χ3n) is 5.78. The lowest BCUT2D eigenvalue weighted by Crippen LogP contribution is -2.50. The number of urea groups is 1. The number of nitrogens with one attached hydrogen (secondary N) is 2. The molecule has 34 heavy (non-hydrogen) atoms. The number of rotatable bonds is 12. The number of benzene rings is 2. The summed E-state index contributed by atoms with van der Waals surface area (Å²) < 4.78 is 17.8. The van der Waals surface area contributed by atoms with E-state index in [1.165, 1.54) is 0 Å². The number of unbranched alkanes of at least 4 members (excludes halogenated alkanes) is 1. The molecule has 0 bridgehead atoms. The molecular weight excluding hydrogens is 461 g/mol. The Morgan fingerprint density at radius 1 is 1.18 bits per heavy atom. The monoisotopic (exact) mass is 493 g/mol. The molecule has 1 aliphatic rings. The molecule has 2 amide bonds. The van der Waals surface area contributed by atoms with E-state index < -0.39 is 24.3 Å². The lowest BCUT2D eigenvalue weighted by Gasteiger charge is -2.29. The molecule has 0 radical (unpaired) electrons. The summed E-state index contributed by atoms with van der Waals surface area (Å²) in [7, 11) is 0. The molecule has 3 atom stereocenters. The van der Waals surface area contributed by atoms with Crippen LogP contribution in [0.3, 0.4) is 0 Å². The first-order valence-electron chi connectivity index (χ1n) is 11.6. The van der Waals surface area contributed by atoms with Gasteiger partial charge in [-0.15, -0.1) is 0 Å². The Morgan fingerprint density at radius 3 is 2.56 bits per heavy atom. The zero-order valence-electron chi connectivity index (χ0n) is 19.1. The third-order valence-corrected chi connectivity index (χ3v) is 6.04. The maximum atomic E-state index is 12.6. The van der Waals surface area contributed by atoms with Gasteiger partial charge in [0.25, 0.3) is 0 Å². The number of alkyl halides is 1. The smallest absolute Gasteiger partial charge is 0.315 e. The van der Waals surface area contributed by atoms with Crippen LogP contribution in [0.5, 0.6) is 5.75 Å². The summed E-state index contributed by atoms with van der Waals surface area (Å²) in [5.41, 5.74) is 1.54. The van der Waals surface area contributed by atoms with Gasteiger partial charge in [-0.25, -0.2) is 4.79 Å². The van der Waals surface area contributed by atoms with Gasteiger partial charge in [-0.2, -0.15) is 0 Å². The van der Waals surface area contributed by atoms with Crippen molar-refractivity contribution in [2.75, 3.05) is 32.9 Å². The highest BCUT2D eigenvalue weighted by Crippen LogP contribution is 2.22. The second-order valence-electron chi connectivity index (χ2n) is 8.52. The zero-order valence-corrected chi connectivity index (χ0v) is 19.9. The number of aliphatic hydroxyl groups excluding tert-OH is 2. The van der Waals surface area contributed by atoms with Crippen LogP contribution in [0.1, 0.15) is 36.5 Å². The van der Waals surface area contributed by atoms with Crippen LogP contribution < -0.4 is 15.4 Å². The van der Waals surface area contributed by atoms with Crippen molar-refractivity contribution in [3.05, 3.63) is 64.7 Å². The van der Waals surface area contributed by atoms with Crippen LogP contribution in [-0.2, 0) is 6.54 Å². The molecule has 9 heteroatoms. The molecule has 2 aromatic rings. The summed E-state index contributed by atoms with van der Waals surface area (Å²) in [4.78, 5) is 14.6. The maximum Gasteiger partial charge on any atom is 0.315 e. The fraction of sp³-hybridized carbons (Fsp3) is 0.480. The first kappa shape index (κ1) is 26.2. The first-order chi connectivity index (χ1) is 16.4. The molecule has 186 valence electrons. The summed E-state index contributed by atoms with van der Waals surface area (Å²) in [6, 6.07) is 13.2. The summed E-state index contributed by atoms with van der Waals surface area (Å²) in [6.45, 7) is 2.00. The van der Waals surface area contributed by atoms with E-state index in [-0.39, 0.29) is 6.67 Å². The summed E-state index contributed by atoms with van der Waals surface area (Å²) in [5, 5.41) is 27.3. The zero-order chi connectivity index (χ0) is 24.3. The Labute approximate surface area is 204 Å². The second-order valence-corrected chi connectivity index (χ2v) is 8.96. The Balaban J connectivity index is 1.60. The van der Waals surface area contributed by atoms with Crippen molar-refractivity contribution in [1.82, 2.24) is 15.5 Å². The standard InChI is InChI=1S/C25H33ClFN3O4/c26-20-7-3-18(4-8-20)15-28-25(33)29-23(17-30-13-11-21(31)16-30)24(32)19-5-9-22(10-6-19)34-14-2-1-12-27/h3-10,21,23-24,31-32H,1-2,11-17H2,(H2,28,29,33)/t21-,23-,24+/m1/s1. The van der Waals surface area contributed by atoms with Gasteiger partial charge in [-0.3, -0.25) is 9.29 Å². The van der Waals surface area contributed by atoms with Crippen LogP contribution in [-0.4, -0.2) is 66.2 Å². The Bertz CT molecular complexity index is 885. The molecule has 1 saturated heterocycles. The molecule has 0 unspecified atom stereocenters. The molecule has 4 N–H and O–H groups in total. The van der Waals surface area contributed by atoms with Gasteiger partial charge in [-0.05, 0) is 54.7 Å². The van der Waals surface area contributed by atoms with Gasteiger partial charge in [0.05, 0.1) is 25.4 Å². The Kier molecular flexibility index (Phi) is 10.4. The fourth-order valence-electron chi connectivity index (χ4n) is 3.86. The highest BCUT2D eigenvalue weighted by molar-refractivity contribution is 6.30. The lowest BCUT2D eigenvalue weighted by molar-refractivity contribution is 0.104. The van der Waals surface area contributed by atoms with Gasteiger partial charge >= 0.3 is 6.03 Å². The average molecular weight is 494 g/mol. The van der Waals surface area contributed by atoms with Crippen molar-refractivity contribution in [3.63, 3.8) is 0 Å². The average Bonchev–Trinajstić information content (AvgIpc) is 3.25. The van der Waals surface area contributed by atoms with Crippen LogP contribution in [0, 0.1) is 0 Å². The molecule has 0 aromatic heterocycles. The van der Waals surface area contributed by atoms with Crippen molar-refractivity contribution < 1.29 is 24.1 Å². The van der Waals surface area contributed by atoms with Gasteiger partial charge in [-0.1, -0.05) is 35.9 Å². The van der Waals surface area contributed by atoms with Crippen molar-refractivity contribution in [3.8, 4) is 5.75 Å². The number of β-amino-alcohol motifs (C(OH)–C–C–N with tert-alkyl or cyclic N) is 1. The van der Waals surface area contributed by atoms with E-state index in [0.717, 1.165) is 5.56 Å². The quantitative estimate of drug-likeness (QED) is 0.340. The van der Waals surface area contributed by atoms with Crippen molar-refractivity contribution in [2.24, 2.45) is 0 Å². The molecule has 1 heterocycles. The van der Waals surface area contributed by atoms with Gasteiger partial charge in [0.1, 0.15) is 11.9 Å². The molecular formula is C25H33ClFN3O4. The predicted molar refractivity (Wildman–Crippen MR) is 130 cm³/mol. The minimum atomic E-state index is -0.959. The van der Waals surface area contributed by atoms with Gasteiger partial charge in [0.15, 0.2) is 0 Å². The minimum absolute atomic E-state index is 0.322. The molecule has 2 aromatic carbocycles. The van der Waals surface area contributed by atoms with Gasteiger partial charge in [0.2, 0.25) is 0 Å². The third kappa shape index (κ3) is 8.43. The largest absolute Gasteiger partial charge is 0.494 e. The topological polar surface area (TPSA) is 94.1 Å². The van der Waals surface area contributed by atoms with Crippen molar-refractivity contribution in [1.29, 1.82) is 0 Å². The Hall–Kier alpha value is -2.39. The van der Waals surface area contributed by atoms with Crippen molar-refractivity contribution in [2.45, 2.75) is 44.1 Å². The van der Waals surface area contributed by atoms with E-state index in [2.05, 4.69) is 10.6 Å². The fourth-order valence-corrected chi connectivity index (χ4v) is 3.99. The predicted octanol–water partition coefficient (Wildman–Crippen LogP) is 3.44. The highest BCUT2D eigenvalue weighted by atomic mass is 35.5. The number of amides is 2. The molecule has 3 rings (SSSR count).